The summed E-state index contributed by atoms with van der Waals surface area (Å²) >= 11 is 6.34. The van der Waals surface area contributed by atoms with Gasteiger partial charge in [0.1, 0.15) is 17.0 Å². The second kappa shape index (κ2) is 5.63. The zero-order valence-electron chi connectivity index (χ0n) is 13.0. The number of hydrogen-bond donors (Lipinski definition) is 2. The van der Waals surface area contributed by atoms with E-state index in [-0.39, 0.29) is 22.2 Å². The van der Waals surface area contributed by atoms with Gasteiger partial charge in [0.15, 0.2) is 0 Å². The maximum absolute atomic E-state index is 13.1. The van der Waals surface area contributed by atoms with Crippen LogP contribution in [0.2, 0.25) is 5.02 Å². The van der Waals surface area contributed by atoms with E-state index in [1.807, 2.05) is 0 Å². The average Bonchev–Trinajstić information content (AvgIpc) is 2.86. The second-order valence-electron chi connectivity index (χ2n) is 6.30. The number of nitrogens with one attached hydrogen (secondary N) is 2. The third kappa shape index (κ3) is 2.29. The normalized spacial score (nSPS) is 18.3. The van der Waals surface area contributed by atoms with Crippen molar-refractivity contribution in [3.8, 4) is 0 Å². The van der Waals surface area contributed by atoms with E-state index in [1.54, 1.807) is 29.1 Å². The van der Waals surface area contributed by atoms with Crippen LogP contribution in [0.3, 0.4) is 0 Å². The molecule has 24 heavy (non-hydrogen) atoms. The molecule has 2 aromatic heterocycles. The van der Waals surface area contributed by atoms with Gasteiger partial charge in [-0.05, 0) is 43.9 Å². The van der Waals surface area contributed by atoms with Crippen molar-refractivity contribution in [2.45, 2.75) is 37.8 Å². The van der Waals surface area contributed by atoms with E-state index in [4.69, 9.17) is 11.6 Å². The first kappa shape index (κ1) is 15.2. The number of carbonyl (C=O) groups excluding carboxylic acids is 1. The molecular weight excluding hydrogens is 328 g/mol. The van der Waals surface area contributed by atoms with E-state index < -0.39 is 5.66 Å². The van der Waals surface area contributed by atoms with Crippen molar-refractivity contribution in [2.75, 3.05) is 5.32 Å². The molecule has 1 aliphatic heterocycles. The lowest BCUT2D eigenvalue weighted by Crippen LogP contribution is -2.48. The van der Waals surface area contributed by atoms with E-state index in [2.05, 4.69) is 15.6 Å². The Hall–Kier alpha value is -2.34. The smallest absolute Gasteiger partial charge is 0.276 e. The summed E-state index contributed by atoms with van der Waals surface area (Å²) in [6.45, 7) is 0. The van der Waals surface area contributed by atoms with Crippen molar-refractivity contribution in [1.82, 2.24) is 14.9 Å². The first-order valence-electron chi connectivity index (χ1n) is 8.06. The molecule has 0 atom stereocenters. The minimum absolute atomic E-state index is 0.230. The number of halogens is 1. The van der Waals surface area contributed by atoms with Crippen LogP contribution >= 0.6 is 11.6 Å². The molecule has 1 aliphatic carbocycles. The third-order valence-electron chi connectivity index (χ3n) is 4.78. The van der Waals surface area contributed by atoms with Crippen molar-refractivity contribution in [1.29, 1.82) is 0 Å². The minimum Gasteiger partial charge on any atom is -0.351 e. The molecule has 4 rings (SSSR count). The molecule has 1 saturated carbocycles. The number of anilines is 2. The van der Waals surface area contributed by atoms with Gasteiger partial charge in [-0.3, -0.25) is 19.1 Å². The number of pyridine rings is 2. The minimum atomic E-state index is -0.638. The van der Waals surface area contributed by atoms with Gasteiger partial charge >= 0.3 is 0 Å². The number of aromatic nitrogens is 2. The molecule has 1 amide bonds. The molecule has 124 valence electrons. The summed E-state index contributed by atoms with van der Waals surface area (Å²) in [5.41, 5.74) is 0.502. The highest BCUT2D eigenvalue weighted by atomic mass is 35.5. The fourth-order valence-electron chi connectivity index (χ4n) is 3.70. The van der Waals surface area contributed by atoms with Gasteiger partial charge in [-0.1, -0.05) is 18.0 Å². The highest BCUT2D eigenvalue weighted by Gasteiger charge is 2.45. The SMILES string of the molecule is O=C1NC2(CCCCC2)n2c1c(Cl)cc(Nc1ccncc1)c2=O. The predicted octanol–water partition coefficient (Wildman–Crippen LogP) is 3.00. The van der Waals surface area contributed by atoms with Gasteiger partial charge in [0.05, 0.1) is 5.02 Å². The van der Waals surface area contributed by atoms with Crippen molar-refractivity contribution < 1.29 is 4.79 Å². The molecule has 1 fully saturated rings. The van der Waals surface area contributed by atoms with E-state index in [0.717, 1.165) is 37.8 Å². The summed E-state index contributed by atoms with van der Waals surface area (Å²) in [6.07, 6.45) is 7.86. The number of rotatable bonds is 2. The molecular formula is C17H17ClN4O2. The molecule has 1 spiro atoms. The molecule has 2 aliphatic rings. The summed E-state index contributed by atoms with van der Waals surface area (Å²) in [4.78, 5) is 29.4. The zero-order valence-corrected chi connectivity index (χ0v) is 13.8. The lowest BCUT2D eigenvalue weighted by Gasteiger charge is -2.35. The van der Waals surface area contributed by atoms with Crippen LogP contribution in [-0.4, -0.2) is 15.5 Å². The molecule has 3 heterocycles. The molecule has 2 aromatic rings. The monoisotopic (exact) mass is 344 g/mol. The van der Waals surface area contributed by atoms with E-state index in [1.165, 1.54) is 6.07 Å². The fourth-order valence-corrected chi connectivity index (χ4v) is 3.98. The quantitative estimate of drug-likeness (QED) is 0.878. The Kier molecular flexibility index (Phi) is 3.57. The summed E-state index contributed by atoms with van der Waals surface area (Å²) in [5, 5.41) is 6.38. The highest BCUT2D eigenvalue weighted by Crippen LogP contribution is 2.38. The van der Waals surface area contributed by atoms with Gasteiger partial charge in [-0.25, -0.2) is 0 Å². The van der Waals surface area contributed by atoms with E-state index in [9.17, 15) is 9.59 Å². The highest BCUT2D eigenvalue weighted by molar-refractivity contribution is 6.34. The van der Waals surface area contributed by atoms with Gasteiger partial charge in [0, 0.05) is 18.1 Å². The maximum Gasteiger partial charge on any atom is 0.276 e. The lowest BCUT2D eigenvalue weighted by atomic mass is 9.89. The van der Waals surface area contributed by atoms with Crippen LogP contribution in [0.25, 0.3) is 0 Å². The summed E-state index contributed by atoms with van der Waals surface area (Å²) in [6, 6.07) is 5.06. The summed E-state index contributed by atoms with van der Waals surface area (Å²) < 4.78 is 1.57. The van der Waals surface area contributed by atoms with Gasteiger partial charge in [-0.15, -0.1) is 0 Å². The van der Waals surface area contributed by atoms with Crippen molar-refractivity contribution in [3.63, 3.8) is 0 Å². The first-order valence-corrected chi connectivity index (χ1v) is 8.44. The van der Waals surface area contributed by atoms with Gasteiger partial charge in [-0.2, -0.15) is 0 Å². The number of fused-ring (bicyclic) bond motifs is 2. The van der Waals surface area contributed by atoms with Crippen LogP contribution in [0.4, 0.5) is 11.4 Å². The standard InChI is InChI=1S/C17H17ClN4O2/c18-12-10-13(20-11-4-8-19-9-5-11)16(24)22-14(12)15(23)21-17(22)6-2-1-3-7-17/h4-5,8-10H,1-3,6-7H2,(H,19,20)(H,21,23). The average molecular weight is 345 g/mol. The lowest BCUT2D eigenvalue weighted by molar-refractivity contribution is 0.0877. The van der Waals surface area contributed by atoms with Crippen molar-refractivity contribution in [3.05, 3.63) is 51.7 Å². The van der Waals surface area contributed by atoms with Crippen LogP contribution in [-0.2, 0) is 5.66 Å². The van der Waals surface area contributed by atoms with Crippen LogP contribution in [0.1, 0.15) is 42.6 Å². The van der Waals surface area contributed by atoms with Gasteiger partial charge in [0.2, 0.25) is 0 Å². The van der Waals surface area contributed by atoms with E-state index in [0.29, 0.717) is 5.69 Å². The Morgan fingerprint density at radius 1 is 1.17 bits per heavy atom. The Balaban J connectivity index is 1.85. The molecule has 0 bridgehead atoms. The molecule has 7 heteroatoms. The third-order valence-corrected chi connectivity index (χ3v) is 5.07. The molecule has 0 radical (unpaired) electrons. The summed E-state index contributed by atoms with van der Waals surface area (Å²) in [7, 11) is 0. The van der Waals surface area contributed by atoms with Crippen LogP contribution in [0.15, 0.2) is 35.4 Å². The molecule has 0 unspecified atom stereocenters. The van der Waals surface area contributed by atoms with Crippen LogP contribution in [0.5, 0.6) is 0 Å². The van der Waals surface area contributed by atoms with Crippen LogP contribution < -0.4 is 16.2 Å². The number of nitrogens with zero attached hydrogens (tertiary/aromatic N) is 2. The molecule has 0 saturated heterocycles. The van der Waals surface area contributed by atoms with Gasteiger partial charge in [0.25, 0.3) is 11.5 Å². The largest absolute Gasteiger partial charge is 0.351 e. The molecule has 6 nitrogen and oxygen atoms in total. The van der Waals surface area contributed by atoms with Gasteiger partial charge < -0.3 is 10.6 Å². The molecule has 0 aromatic carbocycles. The Morgan fingerprint density at radius 3 is 2.58 bits per heavy atom. The Morgan fingerprint density at radius 2 is 1.88 bits per heavy atom. The number of carbonyl (C=O) groups is 1. The maximum atomic E-state index is 13.1. The van der Waals surface area contributed by atoms with E-state index >= 15 is 0 Å². The van der Waals surface area contributed by atoms with Crippen LogP contribution in [0, 0.1) is 0 Å². The number of hydrogen-bond acceptors (Lipinski definition) is 4. The van der Waals surface area contributed by atoms with Crippen molar-refractivity contribution in [2.24, 2.45) is 0 Å². The fraction of sp³-hybridized carbons (Fsp3) is 0.353. The molecule has 2 N–H and O–H groups in total. The Bertz CT molecular complexity index is 857. The summed E-state index contributed by atoms with van der Waals surface area (Å²) in [5.74, 6) is -0.269. The second-order valence-corrected chi connectivity index (χ2v) is 6.71. The Labute approximate surface area is 143 Å². The zero-order chi connectivity index (χ0) is 16.7. The number of amides is 1. The first-order chi connectivity index (χ1) is 11.6. The predicted molar refractivity (Wildman–Crippen MR) is 91.8 cm³/mol. The topological polar surface area (TPSA) is 76.0 Å². The van der Waals surface area contributed by atoms with Crippen molar-refractivity contribution >= 4 is 28.9 Å².